The van der Waals surface area contributed by atoms with Crippen LogP contribution in [0.2, 0.25) is 0 Å². The molecule has 0 aliphatic heterocycles. The number of halogens is 1. The lowest BCUT2D eigenvalue weighted by molar-refractivity contribution is 0.599. The average Bonchev–Trinajstić information content (AvgIpc) is 3.38. The van der Waals surface area contributed by atoms with E-state index in [9.17, 15) is 4.39 Å². The summed E-state index contributed by atoms with van der Waals surface area (Å²) < 4.78 is 15.3. The van der Waals surface area contributed by atoms with E-state index in [1.54, 1.807) is 16.9 Å². The van der Waals surface area contributed by atoms with Crippen molar-refractivity contribution in [2.24, 2.45) is 0 Å². The Hall–Kier alpha value is -3.81. The summed E-state index contributed by atoms with van der Waals surface area (Å²) in [6.45, 7) is 0. The van der Waals surface area contributed by atoms with Crippen LogP contribution < -0.4 is 5.32 Å². The third-order valence-electron chi connectivity index (χ3n) is 5.65. The molecule has 2 N–H and O–H groups in total. The highest BCUT2D eigenvalue weighted by molar-refractivity contribution is 5.85. The van der Waals surface area contributed by atoms with Gasteiger partial charge in [-0.15, -0.1) is 0 Å². The summed E-state index contributed by atoms with van der Waals surface area (Å²) in [6.07, 6.45) is 7.25. The molecule has 1 aliphatic rings. The molecule has 0 saturated carbocycles. The monoisotopic (exact) mass is 399 g/mol. The summed E-state index contributed by atoms with van der Waals surface area (Å²) in [5, 5.41) is 9.18. The number of benzene rings is 1. The standard InChI is InChI=1S/C22H18FN7/c23-14-9-13(11-24-12-14)21-28-20-7-8-25-30(20)22(29-21)26-15-5-6-19-17(10-15)16-3-1-2-4-18(16)27-19/h1-4,7-9,11-12,15,27H,5-6,10H2,(H,26,28,29). The van der Waals surface area contributed by atoms with Crippen LogP contribution >= 0.6 is 0 Å². The van der Waals surface area contributed by atoms with Gasteiger partial charge in [0.2, 0.25) is 5.95 Å². The van der Waals surface area contributed by atoms with E-state index in [4.69, 9.17) is 0 Å². The van der Waals surface area contributed by atoms with Crippen molar-refractivity contribution in [3.8, 4) is 11.4 Å². The molecule has 1 aromatic carbocycles. The molecule has 6 rings (SSSR count). The number of aryl methyl sites for hydroxylation is 1. The van der Waals surface area contributed by atoms with E-state index < -0.39 is 5.82 Å². The zero-order chi connectivity index (χ0) is 20.1. The van der Waals surface area contributed by atoms with E-state index in [0.717, 1.165) is 19.3 Å². The smallest absolute Gasteiger partial charge is 0.228 e. The molecule has 148 valence electrons. The Bertz CT molecular complexity index is 1390. The fourth-order valence-electron chi connectivity index (χ4n) is 4.26. The van der Waals surface area contributed by atoms with E-state index >= 15 is 0 Å². The van der Waals surface area contributed by atoms with Gasteiger partial charge in [0.15, 0.2) is 11.5 Å². The fraction of sp³-hybridized carbons (Fsp3) is 0.182. The van der Waals surface area contributed by atoms with E-state index in [1.807, 2.05) is 6.07 Å². The number of anilines is 1. The van der Waals surface area contributed by atoms with Crippen molar-refractivity contribution in [2.45, 2.75) is 25.3 Å². The molecule has 5 aromatic rings. The molecule has 1 atom stereocenters. The summed E-state index contributed by atoms with van der Waals surface area (Å²) in [5.74, 6) is 0.594. The van der Waals surface area contributed by atoms with Crippen molar-refractivity contribution in [3.63, 3.8) is 0 Å². The minimum absolute atomic E-state index is 0.206. The van der Waals surface area contributed by atoms with Crippen LogP contribution in [0.25, 0.3) is 27.9 Å². The lowest BCUT2D eigenvalue weighted by Crippen LogP contribution is -2.29. The molecule has 30 heavy (non-hydrogen) atoms. The first-order valence-corrected chi connectivity index (χ1v) is 9.92. The molecule has 1 unspecified atom stereocenters. The maximum atomic E-state index is 13.7. The van der Waals surface area contributed by atoms with Crippen molar-refractivity contribution in [1.29, 1.82) is 0 Å². The molecule has 0 radical (unpaired) electrons. The molecule has 0 fully saturated rings. The second kappa shape index (κ2) is 6.62. The molecule has 7 nitrogen and oxygen atoms in total. The molecule has 4 heterocycles. The number of fused-ring (bicyclic) bond motifs is 4. The van der Waals surface area contributed by atoms with Gasteiger partial charge in [-0.3, -0.25) is 4.98 Å². The van der Waals surface area contributed by atoms with E-state index in [0.29, 0.717) is 23.0 Å². The minimum Gasteiger partial charge on any atom is -0.358 e. The number of nitrogens with zero attached hydrogens (tertiary/aromatic N) is 5. The summed E-state index contributed by atoms with van der Waals surface area (Å²) in [7, 11) is 0. The highest BCUT2D eigenvalue weighted by Crippen LogP contribution is 2.30. The number of aromatic amines is 1. The van der Waals surface area contributed by atoms with Crippen LogP contribution in [0.15, 0.2) is 55.0 Å². The Morgan fingerprint density at radius 1 is 1.13 bits per heavy atom. The lowest BCUT2D eigenvalue weighted by Gasteiger charge is -2.24. The second-order valence-corrected chi connectivity index (χ2v) is 7.58. The van der Waals surface area contributed by atoms with Crippen molar-refractivity contribution in [1.82, 2.24) is 29.5 Å². The van der Waals surface area contributed by atoms with E-state index in [-0.39, 0.29) is 6.04 Å². The Morgan fingerprint density at radius 2 is 2.07 bits per heavy atom. The number of pyridine rings is 1. The molecule has 8 heteroatoms. The minimum atomic E-state index is -0.418. The quantitative estimate of drug-likeness (QED) is 0.482. The number of nitrogens with one attached hydrogen (secondary N) is 2. The number of hydrogen-bond acceptors (Lipinski definition) is 5. The van der Waals surface area contributed by atoms with Gasteiger partial charge >= 0.3 is 0 Å². The number of para-hydroxylation sites is 1. The first-order chi connectivity index (χ1) is 14.7. The van der Waals surface area contributed by atoms with Gasteiger partial charge in [0.05, 0.1) is 12.4 Å². The van der Waals surface area contributed by atoms with Gasteiger partial charge < -0.3 is 10.3 Å². The SMILES string of the molecule is Fc1cncc(-c2nc(NC3CCc4[nH]c5ccccc5c4C3)n3nccc3n2)c1. The molecule has 0 amide bonds. The molecular formula is C22H18FN7. The van der Waals surface area contributed by atoms with Crippen LogP contribution in [0.4, 0.5) is 10.3 Å². The Morgan fingerprint density at radius 3 is 3.00 bits per heavy atom. The Balaban J connectivity index is 1.37. The van der Waals surface area contributed by atoms with Gasteiger partial charge in [0.1, 0.15) is 5.82 Å². The normalized spacial score (nSPS) is 16.1. The first-order valence-electron chi connectivity index (χ1n) is 9.92. The van der Waals surface area contributed by atoms with Crippen molar-refractivity contribution in [2.75, 3.05) is 5.32 Å². The van der Waals surface area contributed by atoms with Gasteiger partial charge in [-0.2, -0.15) is 14.6 Å². The third kappa shape index (κ3) is 2.80. The van der Waals surface area contributed by atoms with Crippen LogP contribution in [0.1, 0.15) is 17.7 Å². The molecule has 0 bridgehead atoms. The van der Waals surface area contributed by atoms with Gasteiger partial charge in [0.25, 0.3) is 0 Å². The van der Waals surface area contributed by atoms with Gasteiger partial charge in [-0.25, -0.2) is 9.37 Å². The fourth-order valence-corrected chi connectivity index (χ4v) is 4.26. The van der Waals surface area contributed by atoms with Crippen LogP contribution in [-0.4, -0.2) is 35.6 Å². The third-order valence-corrected chi connectivity index (χ3v) is 5.65. The zero-order valence-electron chi connectivity index (χ0n) is 16.0. The van der Waals surface area contributed by atoms with E-state index in [2.05, 4.69) is 54.6 Å². The Labute approximate surface area is 171 Å². The first kappa shape index (κ1) is 17.1. The van der Waals surface area contributed by atoms with Crippen molar-refractivity contribution >= 4 is 22.5 Å². The molecule has 0 spiro atoms. The zero-order valence-corrected chi connectivity index (χ0v) is 16.0. The summed E-state index contributed by atoms with van der Waals surface area (Å²) in [4.78, 5) is 16.6. The predicted octanol–water partition coefficient (Wildman–Crippen LogP) is 3.78. The molecule has 1 aliphatic carbocycles. The van der Waals surface area contributed by atoms with Crippen molar-refractivity contribution in [3.05, 3.63) is 72.1 Å². The van der Waals surface area contributed by atoms with Gasteiger partial charge in [0, 0.05) is 40.5 Å². The largest absolute Gasteiger partial charge is 0.358 e. The second-order valence-electron chi connectivity index (χ2n) is 7.58. The number of aromatic nitrogens is 6. The number of H-pyrrole nitrogens is 1. The molecule has 0 saturated heterocycles. The van der Waals surface area contributed by atoms with Crippen LogP contribution in [-0.2, 0) is 12.8 Å². The highest BCUT2D eigenvalue weighted by Gasteiger charge is 2.24. The van der Waals surface area contributed by atoms with Crippen LogP contribution in [0.5, 0.6) is 0 Å². The van der Waals surface area contributed by atoms with E-state index in [1.165, 1.54) is 34.4 Å². The average molecular weight is 399 g/mol. The van der Waals surface area contributed by atoms with Gasteiger partial charge in [-0.05, 0) is 37.0 Å². The topological polar surface area (TPSA) is 83.8 Å². The molecule has 4 aromatic heterocycles. The Kier molecular flexibility index (Phi) is 3.77. The maximum absolute atomic E-state index is 13.7. The summed E-state index contributed by atoms with van der Waals surface area (Å²) in [6, 6.07) is 11.8. The summed E-state index contributed by atoms with van der Waals surface area (Å²) in [5.41, 5.74) is 5.03. The summed E-state index contributed by atoms with van der Waals surface area (Å²) >= 11 is 0. The van der Waals surface area contributed by atoms with Gasteiger partial charge in [-0.1, -0.05) is 18.2 Å². The number of hydrogen-bond donors (Lipinski definition) is 2. The van der Waals surface area contributed by atoms with Crippen molar-refractivity contribution < 1.29 is 4.39 Å². The lowest BCUT2D eigenvalue weighted by atomic mass is 9.91. The maximum Gasteiger partial charge on any atom is 0.228 e. The number of rotatable bonds is 3. The molecular weight excluding hydrogens is 381 g/mol. The van der Waals surface area contributed by atoms with Crippen LogP contribution in [0, 0.1) is 5.82 Å². The van der Waals surface area contributed by atoms with Crippen LogP contribution in [0.3, 0.4) is 0 Å². The predicted molar refractivity (Wildman–Crippen MR) is 112 cm³/mol. The highest BCUT2D eigenvalue weighted by atomic mass is 19.1.